The number of hydrogen-bond donors (Lipinski definition) is 0. The van der Waals surface area contributed by atoms with E-state index in [1.807, 2.05) is 49.4 Å². The highest BCUT2D eigenvalue weighted by molar-refractivity contribution is 5.84. The van der Waals surface area contributed by atoms with Gasteiger partial charge < -0.3 is 9.47 Å². The average molecular weight is 258 g/mol. The predicted molar refractivity (Wildman–Crippen MR) is 75.3 cm³/mol. The molecule has 0 fully saturated rings. The second-order valence-corrected chi connectivity index (χ2v) is 4.43. The molecule has 3 nitrogen and oxygen atoms in total. The summed E-state index contributed by atoms with van der Waals surface area (Å²) in [4.78, 5) is 11.6. The van der Waals surface area contributed by atoms with Gasteiger partial charge in [-0.25, -0.2) is 4.79 Å². The van der Waals surface area contributed by atoms with E-state index in [0.717, 1.165) is 17.2 Å². The molecule has 0 spiro atoms. The Morgan fingerprint density at radius 2 is 1.89 bits per heavy atom. The minimum absolute atomic E-state index is 0.324. The summed E-state index contributed by atoms with van der Waals surface area (Å²) in [5.41, 5.74) is 0. The van der Waals surface area contributed by atoms with Crippen LogP contribution in [-0.4, -0.2) is 19.2 Å². The molecule has 0 heterocycles. The Morgan fingerprint density at radius 3 is 2.58 bits per heavy atom. The van der Waals surface area contributed by atoms with Crippen molar-refractivity contribution in [1.82, 2.24) is 0 Å². The summed E-state index contributed by atoms with van der Waals surface area (Å²) in [6.07, 6.45) is 0.989. The maximum absolute atomic E-state index is 11.6. The van der Waals surface area contributed by atoms with Crippen LogP contribution in [0.5, 0.6) is 5.75 Å². The van der Waals surface area contributed by atoms with Crippen LogP contribution in [0.4, 0.5) is 0 Å². The van der Waals surface area contributed by atoms with Gasteiger partial charge >= 0.3 is 5.97 Å². The van der Waals surface area contributed by atoms with E-state index in [2.05, 4.69) is 0 Å². The number of benzene rings is 2. The van der Waals surface area contributed by atoms with Gasteiger partial charge in [0.15, 0.2) is 6.10 Å². The molecular weight excluding hydrogens is 240 g/mol. The van der Waals surface area contributed by atoms with Crippen molar-refractivity contribution in [3.05, 3.63) is 42.5 Å². The number of rotatable bonds is 5. The lowest BCUT2D eigenvalue weighted by molar-refractivity contribution is -0.149. The van der Waals surface area contributed by atoms with E-state index in [1.54, 1.807) is 0 Å². The molecule has 100 valence electrons. The van der Waals surface area contributed by atoms with Gasteiger partial charge in [-0.1, -0.05) is 43.7 Å². The molecule has 0 amide bonds. The highest BCUT2D eigenvalue weighted by Crippen LogP contribution is 2.22. The van der Waals surface area contributed by atoms with Crippen LogP contribution in [0.3, 0.4) is 0 Å². The van der Waals surface area contributed by atoms with Crippen LogP contribution < -0.4 is 4.74 Å². The SMILES string of the molecule is CCC[C@H](Oc1ccc2ccccc2c1)C(=O)OC. The highest BCUT2D eigenvalue weighted by Gasteiger charge is 2.20. The van der Waals surface area contributed by atoms with Crippen LogP contribution in [0.25, 0.3) is 10.8 Å². The molecule has 0 saturated carbocycles. The second kappa shape index (κ2) is 6.23. The maximum atomic E-state index is 11.6. The number of esters is 1. The van der Waals surface area contributed by atoms with Crippen LogP contribution >= 0.6 is 0 Å². The zero-order valence-corrected chi connectivity index (χ0v) is 11.3. The third-order valence-corrected chi connectivity index (χ3v) is 3.01. The van der Waals surface area contributed by atoms with E-state index in [9.17, 15) is 4.79 Å². The molecule has 0 aromatic heterocycles. The van der Waals surface area contributed by atoms with Gasteiger partial charge in [0.1, 0.15) is 5.75 Å². The summed E-state index contributed by atoms with van der Waals surface area (Å²) >= 11 is 0. The van der Waals surface area contributed by atoms with Gasteiger partial charge in [0.05, 0.1) is 7.11 Å². The quantitative estimate of drug-likeness (QED) is 0.769. The van der Waals surface area contributed by atoms with E-state index in [0.29, 0.717) is 12.2 Å². The lowest BCUT2D eigenvalue weighted by atomic mass is 10.1. The molecule has 0 aliphatic rings. The van der Waals surface area contributed by atoms with Crippen LogP contribution in [0, 0.1) is 0 Å². The summed E-state index contributed by atoms with van der Waals surface area (Å²) < 4.78 is 10.5. The van der Waals surface area contributed by atoms with Crippen molar-refractivity contribution in [3.63, 3.8) is 0 Å². The summed E-state index contributed by atoms with van der Waals surface area (Å²) in [6.45, 7) is 2.01. The Hall–Kier alpha value is -2.03. The second-order valence-electron chi connectivity index (χ2n) is 4.43. The zero-order valence-electron chi connectivity index (χ0n) is 11.3. The number of carbonyl (C=O) groups is 1. The van der Waals surface area contributed by atoms with Gasteiger partial charge in [-0.2, -0.15) is 0 Å². The summed E-state index contributed by atoms with van der Waals surface area (Å²) in [6, 6.07) is 13.9. The Morgan fingerprint density at radius 1 is 1.16 bits per heavy atom. The number of hydrogen-bond acceptors (Lipinski definition) is 3. The van der Waals surface area contributed by atoms with Crippen LogP contribution in [0.15, 0.2) is 42.5 Å². The van der Waals surface area contributed by atoms with Gasteiger partial charge in [0.25, 0.3) is 0 Å². The van der Waals surface area contributed by atoms with Gasteiger partial charge in [-0.15, -0.1) is 0 Å². The summed E-state index contributed by atoms with van der Waals surface area (Å²) in [5, 5.41) is 2.25. The number of fused-ring (bicyclic) bond motifs is 1. The largest absolute Gasteiger partial charge is 0.479 e. The fraction of sp³-hybridized carbons (Fsp3) is 0.312. The fourth-order valence-corrected chi connectivity index (χ4v) is 2.02. The molecule has 0 aliphatic heterocycles. The average Bonchev–Trinajstić information content (AvgIpc) is 2.46. The molecule has 2 aromatic carbocycles. The predicted octanol–water partition coefficient (Wildman–Crippen LogP) is 3.56. The molecule has 19 heavy (non-hydrogen) atoms. The zero-order chi connectivity index (χ0) is 13.7. The minimum Gasteiger partial charge on any atom is -0.479 e. The normalized spacial score (nSPS) is 12.1. The fourth-order valence-electron chi connectivity index (χ4n) is 2.02. The number of carbonyl (C=O) groups excluding carboxylic acids is 1. The van der Waals surface area contributed by atoms with E-state index < -0.39 is 6.10 Å². The van der Waals surface area contributed by atoms with E-state index in [-0.39, 0.29) is 5.97 Å². The monoisotopic (exact) mass is 258 g/mol. The smallest absolute Gasteiger partial charge is 0.347 e. The first kappa shape index (κ1) is 13.4. The van der Waals surface area contributed by atoms with Gasteiger partial charge in [0, 0.05) is 0 Å². The van der Waals surface area contributed by atoms with Crippen molar-refractivity contribution in [3.8, 4) is 5.75 Å². The third kappa shape index (κ3) is 3.25. The van der Waals surface area contributed by atoms with Gasteiger partial charge in [-0.05, 0) is 29.3 Å². The molecule has 3 heteroatoms. The lowest BCUT2D eigenvalue weighted by Gasteiger charge is -2.16. The Labute approximate surface area is 113 Å². The van der Waals surface area contributed by atoms with Gasteiger partial charge in [0.2, 0.25) is 0 Å². The number of methoxy groups -OCH3 is 1. The molecule has 0 radical (unpaired) electrons. The molecule has 0 unspecified atom stereocenters. The topological polar surface area (TPSA) is 35.5 Å². The van der Waals surface area contributed by atoms with Crippen molar-refractivity contribution >= 4 is 16.7 Å². The molecule has 2 rings (SSSR count). The van der Waals surface area contributed by atoms with E-state index in [4.69, 9.17) is 9.47 Å². The van der Waals surface area contributed by atoms with Crippen molar-refractivity contribution < 1.29 is 14.3 Å². The van der Waals surface area contributed by atoms with E-state index >= 15 is 0 Å². The van der Waals surface area contributed by atoms with Crippen LogP contribution in [-0.2, 0) is 9.53 Å². The number of ether oxygens (including phenoxy) is 2. The van der Waals surface area contributed by atoms with Crippen molar-refractivity contribution in [1.29, 1.82) is 0 Å². The van der Waals surface area contributed by atoms with Crippen LogP contribution in [0.2, 0.25) is 0 Å². The minimum atomic E-state index is -0.531. The maximum Gasteiger partial charge on any atom is 0.347 e. The molecule has 0 aliphatic carbocycles. The first-order valence-corrected chi connectivity index (χ1v) is 6.48. The molecule has 2 aromatic rings. The Balaban J connectivity index is 2.21. The standard InChI is InChI=1S/C16H18O3/c1-3-6-15(16(17)18-2)19-14-10-9-12-7-4-5-8-13(12)11-14/h4-5,7-11,15H,3,6H2,1-2H3/t15-/m0/s1. The van der Waals surface area contributed by atoms with Crippen molar-refractivity contribution in [2.75, 3.05) is 7.11 Å². The highest BCUT2D eigenvalue weighted by atomic mass is 16.6. The third-order valence-electron chi connectivity index (χ3n) is 3.01. The van der Waals surface area contributed by atoms with Gasteiger partial charge in [-0.3, -0.25) is 0 Å². The van der Waals surface area contributed by atoms with E-state index in [1.165, 1.54) is 7.11 Å². The Bertz CT molecular complexity index is 563. The molecule has 0 N–H and O–H groups in total. The Kier molecular flexibility index (Phi) is 4.39. The lowest BCUT2D eigenvalue weighted by Crippen LogP contribution is -2.28. The van der Waals surface area contributed by atoms with Crippen LogP contribution in [0.1, 0.15) is 19.8 Å². The molecule has 0 saturated heterocycles. The van der Waals surface area contributed by atoms with Crippen molar-refractivity contribution in [2.24, 2.45) is 0 Å². The molecule has 0 bridgehead atoms. The molecular formula is C16H18O3. The summed E-state index contributed by atoms with van der Waals surface area (Å²) in [5.74, 6) is 0.373. The van der Waals surface area contributed by atoms with Crippen molar-refractivity contribution in [2.45, 2.75) is 25.9 Å². The first-order chi connectivity index (χ1) is 9.24. The summed E-state index contributed by atoms with van der Waals surface area (Å²) in [7, 11) is 1.38. The molecule has 1 atom stereocenters. The first-order valence-electron chi connectivity index (χ1n) is 6.48.